The normalized spacial score (nSPS) is 2.60. The zero-order valence-electron chi connectivity index (χ0n) is 2.97. The van der Waals surface area contributed by atoms with Gasteiger partial charge in [0.05, 0.1) is 0 Å². The molecule has 0 unspecified atom stereocenters. The molecular weight excluding hydrogens is 68.0 g/mol. The quantitative estimate of drug-likeness (QED) is 0.287. The van der Waals surface area contributed by atoms with E-state index in [9.17, 15) is 0 Å². The summed E-state index contributed by atoms with van der Waals surface area (Å²) < 4.78 is 0. The number of aliphatic hydroxyl groups is 1. The van der Waals surface area contributed by atoms with Crippen molar-refractivity contribution in [2.45, 2.75) is 0 Å². The monoisotopic (exact) mass is 74.0 g/mol. The third kappa shape index (κ3) is 9.03. The van der Waals surface area contributed by atoms with Gasteiger partial charge in [-0.15, -0.1) is 0 Å². The zero-order valence-corrected chi connectivity index (χ0v) is 2.97. The van der Waals surface area contributed by atoms with Gasteiger partial charge in [-0.3, -0.25) is 0 Å². The Labute approximate surface area is 30.6 Å². The topological polar surface area (TPSA) is 70.0 Å². The summed E-state index contributed by atoms with van der Waals surface area (Å²) in [6.07, 6.45) is 1.25. The zero-order chi connectivity index (χ0) is 4.71. The Morgan fingerprint density at radius 3 is 1.80 bits per heavy atom. The molecule has 5 heavy (non-hydrogen) atoms. The van der Waals surface area contributed by atoms with Crippen LogP contribution < -0.4 is 5.73 Å². The van der Waals surface area contributed by atoms with E-state index in [4.69, 9.17) is 10.4 Å². The van der Waals surface area contributed by atoms with Crippen LogP contribution in [0.25, 0.3) is 0 Å². The van der Waals surface area contributed by atoms with Crippen LogP contribution in [0.5, 0.6) is 0 Å². The highest BCUT2D eigenvalue weighted by Crippen LogP contribution is 0.900. The van der Waals surface area contributed by atoms with Crippen LogP contribution in [0.15, 0.2) is 0 Å². The largest absolute Gasteiger partial charge is 0.400 e. The number of nitrogens with two attached hydrogens (primary N) is 1. The summed E-state index contributed by atoms with van der Waals surface area (Å²) in [4.78, 5) is 0. The highest BCUT2D eigenvalue weighted by molar-refractivity contribution is 4.46. The predicted octanol–water partition coefficient (Wildman–Crippen LogP) is -0.965. The van der Waals surface area contributed by atoms with E-state index < -0.39 is 0 Å². The highest BCUT2D eigenvalue weighted by Gasteiger charge is 1.12. The van der Waals surface area contributed by atoms with Gasteiger partial charge < -0.3 is 10.8 Å². The van der Waals surface area contributed by atoms with Crippen LogP contribution in [0.4, 0.5) is 0 Å². The van der Waals surface area contributed by atoms with Gasteiger partial charge in [0.1, 0.15) is 0 Å². The Hall–Kier alpha value is -0.750. The Kier molecular flexibility index (Phi) is 467. The maximum absolute atomic E-state index is 7.10. The first-order chi connectivity index (χ1) is 2.41. The Balaban J connectivity index is 0. The third-order valence-corrected chi connectivity index (χ3v) is 0. The summed E-state index contributed by atoms with van der Waals surface area (Å²) >= 11 is 0. The van der Waals surface area contributed by atoms with E-state index in [1.54, 1.807) is 0 Å². The molecule has 0 fully saturated rings. The standard InChI is InChI=1S/CH2N2.CH4O/c2-1-3;1-2/h2H2;2H,1H3. The van der Waals surface area contributed by atoms with Crippen molar-refractivity contribution in [2.75, 3.05) is 7.11 Å². The van der Waals surface area contributed by atoms with Crippen molar-refractivity contribution in [3.05, 3.63) is 0 Å². The summed E-state index contributed by atoms with van der Waals surface area (Å²) in [5, 5.41) is 14.1. The lowest BCUT2D eigenvalue weighted by atomic mass is 11.5. The van der Waals surface area contributed by atoms with E-state index in [0.29, 0.717) is 0 Å². The second-order valence-corrected chi connectivity index (χ2v) is 0.129. The van der Waals surface area contributed by atoms with E-state index in [1.807, 2.05) is 0 Å². The Bertz CT molecular complexity index is 29.1. The van der Waals surface area contributed by atoms with Gasteiger partial charge in [0.15, 0.2) is 6.19 Å². The van der Waals surface area contributed by atoms with Gasteiger partial charge in [0, 0.05) is 7.11 Å². The molecule has 0 amide bonds. The average Bonchev–Trinajstić information content (AvgIpc) is 1.46. The first-order valence-electron chi connectivity index (χ1n) is 0.959. The van der Waals surface area contributed by atoms with Gasteiger partial charge >= 0.3 is 0 Å². The molecule has 0 bridgehead atoms. The molecule has 0 saturated carbocycles. The fraction of sp³-hybridized carbons (Fsp3) is 0.500. The van der Waals surface area contributed by atoms with Crippen molar-refractivity contribution in [1.82, 2.24) is 0 Å². The average molecular weight is 74.1 g/mol. The lowest BCUT2D eigenvalue weighted by Crippen LogP contribution is -1.69. The molecule has 0 heterocycles. The minimum absolute atomic E-state index is 1.00. The second-order valence-electron chi connectivity index (χ2n) is 0.129. The summed E-state index contributed by atoms with van der Waals surface area (Å²) in [6, 6.07) is 0. The highest BCUT2D eigenvalue weighted by atomic mass is 16.2. The third-order valence-electron chi connectivity index (χ3n) is 0. The molecule has 0 saturated heterocycles. The minimum Gasteiger partial charge on any atom is -0.400 e. The number of hydrogen-bond acceptors (Lipinski definition) is 3. The van der Waals surface area contributed by atoms with Gasteiger partial charge in [0.2, 0.25) is 0 Å². The van der Waals surface area contributed by atoms with Crippen molar-refractivity contribution in [1.29, 1.82) is 5.26 Å². The fourth-order valence-corrected chi connectivity index (χ4v) is 0. The minimum atomic E-state index is 1.00. The molecule has 0 atom stereocenters. The van der Waals surface area contributed by atoms with Gasteiger partial charge in [-0.25, -0.2) is 0 Å². The summed E-state index contributed by atoms with van der Waals surface area (Å²) in [6.45, 7) is 0. The lowest BCUT2D eigenvalue weighted by Gasteiger charge is -1.24. The number of hydrogen-bond donors (Lipinski definition) is 2. The summed E-state index contributed by atoms with van der Waals surface area (Å²) in [7, 11) is 1.00. The molecular formula is C2H6N2O. The Morgan fingerprint density at radius 1 is 1.80 bits per heavy atom. The molecule has 0 spiro atoms. The molecule has 3 heteroatoms. The van der Waals surface area contributed by atoms with E-state index in [-0.39, 0.29) is 0 Å². The van der Waals surface area contributed by atoms with Gasteiger partial charge in [-0.05, 0) is 0 Å². The number of aliphatic hydroxyl groups excluding tert-OH is 1. The van der Waals surface area contributed by atoms with Crippen LogP contribution in [0.2, 0.25) is 0 Å². The van der Waals surface area contributed by atoms with Gasteiger partial charge in [0.25, 0.3) is 0 Å². The molecule has 0 aromatic carbocycles. The first kappa shape index (κ1) is 8.87. The predicted molar refractivity (Wildman–Crippen MR) is 17.9 cm³/mol. The molecule has 0 aliphatic carbocycles. The van der Waals surface area contributed by atoms with Gasteiger partial charge in [-0.1, -0.05) is 0 Å². The molecule has 3 nitrogen and oxygen atoms in total. The van der Waals surface area contributed by atoms with Crippen molar-refractivity contribution >= 4 is 0 Å². The van der Waals surface area contributed by atoms with Crippen molar-refractivity contribution in [3.63, 3.8) is 0 Å². The molecule has 0 aromatic heterocycles. The maximum Gasteiger partial charge on any atom is 0.173 e. The number of nitriles is 1. The molecule has 0 radical (unpaired) electrons. The molecule has 30 valence electrons. The smallest absolute Gasteiger partial charge is 0.173 e. The second kappa shape index (κ2) is 263. The van der Waals surface area contributed by atoms with E-state index >= 15 is 0 Å². The first-order valence-corrected chi connectivity index (χ1v) is 0.959. The van der Waals surface area contributed by atoms with Crippen LogP contribution in [-0.4, -0.2) is 12.2 Å². The van der Waals surface area contributed by atoms with Crippen LogP contribution in [0, 0.1) is 11.5 Å². The molecule has 0 rings (SSSR count). The Morgan fingerprint density at radius 2 is 1.80 bits per heavy atom. The van der Waals surface area contributed by atoms with Crippen LogP contribution in [0.3, 0.4) is 0 Å². The molecule has 0 aliphatic heterocycles. The van der Waals surface area contributed by atoms with E-state index in [1.165, 1.54) is 6.19 Å². The fourth-order valence-electron chi connectivity index (χ4n) is 0. The number of rotatable bonds is 0. The van der Waals surface area contributed by atoms with Crippen molar-refractivity contribution in [3.8, 4) is 6.19 Å². The molecule has 0 aliphatic rings. The lowest BCUT2D eigenvalue weighted by molar-refractivity contribution is 0.399. The summed E-state index contributed by atoms with van der Waals surface area (Å²) in [5.41, 5.74) is 4.15. The SMILES string of the molecule is CO.N#CN. The molecule has 0 aromatic rings. The van der Waals surface area contributed by atoms with Crippen LogP contribution in [-0.2, 0) is 0 Å². The molecule has 3 N–H and O–H groups in total. The van der Waals surface area contributed by atoms with Crippen LogP contribution >= 0.6 is 0 Å². The van der Waals surface area contributed by atoms with Crippen molar-refractivity contribution < 1.29 is 5.11 Å². The van der Waals surface area contributed by atoms with Crippen LogP contribution in [0.1, 0.15) is 0 Å². The maximum atomic E-state index is 7.10. The summed E-state index contributed by atoms with van der Waals surface area (Å²) in [5.74, 6) is 0. The van der Waals surface area contributed by atoms with E-state index in [0.717, 1.165) is 7.11 Å². The van der Waals surface area contributed by atoms with Crippen molar-refractivity contribution in [2.24, 2.45) is 5.73 Å². The van der Waals surface area contributed by atoms with Gasteiger partial charge in [-0.2, -0.15) is 5.26 Å². The van der Waals surface area contributed by atoms with E-state index in [2.05, 4.69) is 5.73 Å². The number of nitrogens with zero attached hydrogens (tertiary/aromatic N) is 1.